The topological polar surface area (TPSA) is 55.4 Å². The number of carbonyl (C=O) groups excluding carboxylic acids is 2. The summed E-state index contributed by atoms with van der Waals surface area (Å²) >= 11 is 12.6. The molecule has 0 saturated carbocycles. The molecule has 0 spiro atoms. The summed E-state index contributed by atoms with van der Waals surface area (Å²) in [7, 11) is 0. The van der Waals surface area contributed by atoms with Gasteiger partial charge in [-0.3, -0.25) is 4.79 Å². The third-order valence-electron chi connectivity index (χ3n) is 5.88. The van der Waals surface area contributed by atoms with Gasteiger partial charge in [-0.25, -0.2) is 4.79 Å². The Morgan fingerprint density at radius 2 is 1.81 bits per heavy atom. The van der Waals surface area contributed by atoms with E-state index in [9.17, 15) is 9.59 Å². The molecule has 4 rings (SSSR count). The summed E-state index contributed by atoms with van der Waals surface area (Å²) in [6, 6.07) is 15.0. The van der Waals surface area contributed by atoms with Gasteiger partial charge in [0, 0.05) is 39.4 Å². The van der Waals surface area contributed by atoms with E-state index in [2.05, 4.69) is 5.32 Å². The van der Waals surface area contributed by atoms with Crippen molar-refractivity contribution in [2.24, 2.45) is 0 Å². The van der Waals surface area contributed by atoms with E-state index in [1.807, 2.05) is 49.4 Å². The number of nitrogens with one attached hydrogen (secondary N) is 1. The van der Waals surface area contributed by atoms with Crippen molar-refractivity contribution in [2.45, 2.75) is 38.5 Å². The predicted molar refractivity (Wildman–Crippen MR) is 122 cm³/mol. The molecular weight excluding hydrogens is 433 g/mol. The van der Waals surface area contributed by atoms with E-state index in [0.29, 0.717) is 39.7 Å². The molecule has 2 atom stereocenters. The fourth-order valence-electron chi connectivity index (χ4n) is 4.51. The molecule has 6 heteroatoms. The largest absolute Gasteiger partial charge is 0.463 e. The van der Waals surface area contributed by atoms with Crippen molar-refractivity contribution in [3.63, 3.8) is 0 Å². The molecule has 0 radical (unpaired) electrons. The third kappa shape index (κ3) is 4.15. The summed E-state index contributed by atoms with van der Waals surface area (Å²) < 4.78 is 5.33. The first-order chi connectivity index (χ1) is 14.9. The number of esters is 1. The number of rotatable bonds is 4. The molecule has 0 bridgehead atoms. The smallest absolute Gasteiger partial charge is 0.336 e. The molecule has 1 N–H and O–H groups in total. The van der Waals surface area contributed by atoms with E-state index in [1.54, 1.807) is 13.0 Å². The number of benzene rings is 2. The highest BCUT2D eigenvalue weighted by Gasteiger charge is 2.42. The molecule has 1 aliphatic carbocycles. The van der Waals surface area contributed by atoms with E-state index in [4.69, 9.17) is 27.9 Å². The molecule has 2 aromatic carbocycles. The normalized spacial score (nSPS) is 21.0. The van der Waals surface area contributed by atoms with E-state index in [0.717, 1.165) is 16.8 Å². The highest BCUT2D eigenvalue weighted by Crippen LogP contribution is 2.47. The average molecular weight is 456 g/mol. The van der Waals surface area contributed by atoms with E-state index in [-0.39, 0.29) is 18.3 Å². The summed E-state index contributed by atoms with van der Waals surface area (Å²) in [5, 5.41) is 4.52. The van der Waals surface area contributed by atoms with Crippen LogP contribution in [0.25, 0.3) is 0 Å². The summed E-state index contributed by atoms with van der Waals surface area (Å²) in [6.45, 7) is 3.86. The van der Waals surface area contributed by atoms with Crippen molar-refractivity contribution < 1.29 is 14.3 Å². The Morgan fingerprint density at radius 1 is 1.10 bits per heavy atom. The van der Waals surface area contributed by atoms with Crippen LogP contribution < -0.4 is 5.32 Å². The lowest BCUT2D eigenvalue weighted by atomic mass is 9.71. The second-order valence-corrected chi connectivity index (χ2v) is 8.65. The zero-order valence-electron chi connectivity index (χ0n) is 17.4. The zero-order chi connectivity index (χ0) is 22.1. The number of carbonyl (C=O) groups is 2. The van der Waals surface area contributed by atoms with Gasteiger partial charge < -0.3 is 10.1 Å². The van der Waals surface area contributed by atoms with Crippen LogP contribution in [0, 0.1) is 0 Å². The minimum Gasteiger partial charge on any atom is -0.463 e. The highest BCUT2D eigenvalue weighted by atomic mass is 35.5. The second kappa shape index (κ2) is 8.89. The van der Waals surface area contributed by atoms with Gasteiger partial charge in [-0.15, -0.1) is 0 Å². The van der Waals surface area contributed by atoms with Crippen molar-refractivity contribution in [1.29, 1.82) is 0 Å². The number of hydrogen-bond donors (Lipinski definition) is 1. The van der Waals surface area contributed by atoms with Gasteiger partial charge in [0.15, 0.2) is 5.78 Å². The summed E-state index contributed by atoms with van der Waals surface area (Å²) in [4.78, 5) is 26.4. The number of ketones is 1. The molecule has 2 aliphatic rings. The van der Waals surface area contributed by atoms with Crippen molar-refractivity contribution >= 4 is 35.0 Å². The fraction of sp³-hybridized carbons (Fsp3) is 0.280. The van der Waals surface area contributed by atoms with E-state index in [1.165, 1.54) is 0 Å². The second-order valence-electron chi connectivity index (χ2n) is 7.81. The summed E-state index contributed by atoms with van der Waals surface area (Å²) in [5.74, 6) is -0.938. The molecule has 0 aromatic heterocycles. The molecule has 0 fully saturated rings. The monoisotopic (exact) mass is 455 g/mol. The van der Waals surface area contributed by atoms with Crippen LogP contribution in [0.4, 0.5) is 0 Å². The minimum atomic E-state index is -0.553. The Balaban J connectivity index is 1.81. The van der Waals surface area contributed by atoms with E-state index >= 15 is 0 Å². The lowest BCUT2D eigenvalue weighted by Crippen LogP contribution is -2.36. The number of Topliss-reactive ketones (excluding diaryl/α,β-unsaturated/α-hetero) is 1. The van der Waals surface area contributed by atoms with Crippen LogP contribution in [-0.2, 0) is 14.3 Å². The maximum atomic E-state index is 13.5. The first-order valence-electron chi connectivity index (χ1n) is 10.3. The molecule has 0 amide bonds. The molecule has 0 unspecified atom stereocenters. The molecule has 2 aromatic rings. The Kier molecular flexibility index (Phi) is 6.22. The Morgan fingerprint density at radius 3 is 2.48 bits per heavy atom. The number of halogens is 2. The van der Waals surface area contributed by atoms with Gasteiger partial charge >= 0.3 is 5.97 Å². The maximum Gasteiger partial charge on any atom is 0.336 e. The maximum absolute atomic E-state index is 13.5. The number of ether oxygens (including phenoxy) is 1. The lowest BCUT2D eigenvalue weighted by molar-refractivity contribution is -0.138. The van der Waals surface area contributed by atoms with Crippen LogP contribution in [0.5, 0.6) is 0 Å². The Hall–Kier alpha value is -2.56. The Labute approximate surface area is 191 Å². The summed E-state index contributed by atoms with van der Waals surface area (Å²) in [6.07, 6.45) is 1.02. The van der Waals surface area contributed by atoms with Gasteiger partial charge in [-0.2, -0.15) is 0 Å². The SMILES string of the molecule is CCOC(=O)C1=C(C)NC2=C(C(=O)C[C@@H](c3ccc(Cl)cc3)C2)[C@H]1c1ccccc1Cl. The Bertz CT molecular complexity index is 1100. The van der Waals surface area contributed by atoms with Crippen molar-refractivity contribution in [2.75, 3.05) is 6.61 Å². The van der Waals surface area contributed by atoms with Gasteiger partial charge in [0.05, 0.1) is 12.2 Å². The predicted octanol–water partition coefficient (Wildman–Crippen LogP) is 5.92. The molecular formula is C25H23Cl2NO3. The number of dihydropyridines is 1. The standard InChI is InChI=1S/C25H23Cl2NO3/c1-3-31-25(30)22-14(2)28-20-12-16(15-8-10-17(26)11-9-15)13-21(29)24(20)23(22)18-6-4-5-7-19(18)27/h4-11,16,23,28H,3,12-13H2,1-2H3/t16-,23-/m0/s1. The van der Waals surface area contributed by atoms with Crippen molar-refractivity contribution in [1.82, 2.24) is 5.32 Å². The number of allylic oxidation sites excluding steroid dienone is 3. The first-order valence-corrected chi connectivity index (χ1v) is 11.1. The van der Waals surface area contributed by atoms with E-state index < -0.39 is 11.9 Å². The van der Waals surface area contributed by atoms with Gasteiger partial charge in [-0.1, -0.05) is 53.5 Å². The van der Waals surface area contributed by atoms with Crippen LogP contribution in [0.3, 0.4) is 0 Å². The van der Waals surface area contributed by atoms with Gasteiger partial charge in [0.2, 0.25) is 0 Å². The minimum absolute atomic E-state index is 0.00733. The van der Waals surface area contributed by atoms with Crippen molar-refractivity contribution in [3.05, 3.63) is 92.2 Å². The van der Waals surface area contributed by atoms with Crippen molar-refractivity contribution in [3.8, 4) is 0 Å². The molecule has 160 valence electrons. The van der Waals surface area contributed by atoms with Crippen LogP contribution in [0.15, 0.2) is 71.1 Å². The zero-order valence-corrected chi connectivity index (χ0v) is 18.9. The van der Waals surface area contributed by atoms with Crippen LogP contribution >= 0.6 is 23.2 Å². The lowest BCUT2D eigenvalue weighted by Gasteiger charge is -2.37. The first kappa shape index (κ1) is 21.7. The fourth-order valence-corrected chi connectivity index (χ4v) is 4.88. The quantitative estimate of drug-likeness (QED) is 0.581. The van der Waals surface area contributed by atoms with Crippen LogP contribution in [0.2, 0.25) is 10.0 Å². The molecule has 31 heavy (non-hydrogen) atoms. The van der Waals surface area contributed by atoms with Gasteiger partial charge in [0.25, 0.3) is 0 Å². The molecule has 1 aliphatic heterocycles. The molecule has 0 saturated heterocycles. The number of hydrogen-bond acceptors (Lipinski definition) is 4. The van der Waals surface area contributed by atoms with Crippen LogP contribution in [0.1, 0.15) is 49.7 Å². The highest BCUT2D eigenvalue weighted by molar-refractivity contribution is 6.31. The van der Waals surface area contributed by atoms with Gasteiger partial charge in [0.1, 0.15) is 0 Å². The van der Waals surface area contributed by atoms with Crippen LogP contribution in [-0.4, -0.2) is 18.4 Å². The third-order valence-corrected chi connectivity index (χ3v) is 6.48. The summed E-state index contributed by atoms with van der Waals surface area (Å²) in [5.41, 5.74) is 4.37. The average Bonchev–Trinajstić information content (AvgIpc) is 2.73. The van der Waals surface area contributed by atoms with Gasteiger partial charge in [-0.05, 0) is 55.5 Å². The molecule has 4 nitrogen and oxygen atoms in total. The molecule has 1 heterocycles.